The number of halogens is 1. The van der Waals surface area contributed by atoms with Crippen LogP contribution in [-0.4, -0.2) is 31.1 Å². The molecule has 0 bridgehead atoms. The van der Waals surface area contributed by atoms with Crippen LogP contribution in [0.25, 0.3) is 0 Å². The molecule has 3 heteroatoms. The number of likely N-dealkylation sites (N-methyl/N-ethyl adjacent to an activating group) is 1. The third-order valence-corrected chi connectivity index (χ3v) is 2.26. The fourth-order valence-electron chi connectivity index (χ4n) is 1.07. The van der Waals surface area contributed by atoms with E-state index in [9.17, 15) is 0 Å². The fraction of sp³-hybridized carbons (Fsp3) is 0.800. The van der Waals surface area contributed by atoms with Crippen molar-refractivity contribution in [3.05, 3.63) is 11.6 Å². The molecule has 78 valence electrons. The third kappa shape index (κ3) is 7.05. The summed E-state index contributed by atoms with van der Waals surface area (Å²) < 4.78 is 0. The highest BCUT2D eigenvalue weighted by atomic mass is 35.5. The van der Waals surface area contributed by atoms with E-state index in [-0.39, 0.29) is 6.04 Å². The van der Waals surface area contributed by atoms with Gasteiger partial charge in [-0.05, 0) is 25.9 Å². The first-order chi connectivity index (χ1) is 5.93. The number of hydrogen-bond acceptors (Lipinski definition) is 2. The first-order valence-electron chi connectivity index (χ1n) is 4.71. The zero-order valence-electron chi connectivity index (χ0n) is 8.89. The maximum Gasteiger partial charge on any atom is 0.0332 e. The van der Waals surface area contributed by atoms with Crippen molar-refractivity contribution < 1.29 is 0 Å². The van der Waals surface area contributed by atoms with Crippen molar-refractivity contribution in [3.63, 3.8) is 0 Å². The number of hydrogen-bond donors (Lipinski definition) is 1. The van der Waals surface area contributed by atoms with Crippen molar-refractivity contribution in [1.82, 2.24) is 4.90 Å². The molecule has 1 atom stereocenters. The van der Waals surface area contributed by atoms with E-state index in [2.05, 4.69) is 25.3 Å². The quantitative estimate of drug-likeness (QED) is 0.718. The van der Waals surface area contributed by atoms with Gasteiger partial charge in [0.1, 0.15) is 0 Å². The van der Waals surface area contributed by atoms with Gasteiger partial charge in [-0.2, -0.15) is 0 Å². The molecule has 0 aliphatic rings. The zero-order chi connectivity index (χ0) is 10.4. The summed E-state index contributed by atoms with van der Waals surface area (Å²) >= 11 is 5.68. The Bertz CT molecular complexity index is 157. The van der Waals surface area contributed by atoms with Crippen LogP contribution in [0.4, 0.5) is 0 Å². The summed E-state index contributed by atoms with van der Waals surface area (Å²) in [7, 11) is 2.03. The molecule has 0 rings (SSSR count). The van der Waals surface area contributed by atoms with Gasteiger partial charge >= 0.3 is 0 Å². The number of nitrogens with zero attached hydrogens (tertiary/aromatic N) is 1. The second-order valence-corrected chi connectivity index (χ2v) is 4.49. The van der Waals surface area contributed by atoms with E-state index in [1.807, 2.05) is 7.05 Å². The minimum atomic E-state index is 0.283. The summed E-state index contributed by atoms with van der Waals surface area (Å²) in [5, 5.41) is 0.681. The SMILES string of the molecule is C=C(Cl)CN(C)CCC(N)C(C)C. The summed E-state index contributed by atoms with van der Waals surface area (Å²) in [6.45, 7) is 9.66. The van der Waals surface area contributed by atoms with Crippen LogP contribution < -0.4 is 5.73 Å². The predicted molar refractivity (Wildman–Crippen MR) is 59.9 cm³/mol. The van der Waals surface area contributed by atoms with E-state index < -0.39 is 0 Å². The lowest BCUT2D eigenvalue weighted by Gasteiger charge is -2.20. The Hall–Kier alpha value is -0.0500. The summed E-state index contributed by atoms with van der Waals surface area (Å²) in [6.07, 6.45) is 1.01. The van der Waals surface area contributed by atoms with E-state index in [0.29, 0.717) is 11.0 Å². The average Bonchev–Trinajstić information content (AvgIpc) is 1.98. The summed E-state index contributed by atoms with van der Waals surface area (Å²) in [4.78, 5) is 2.14. The molecule has 0 saturated heterocycles. The van der Waals surface area contributed by atoms with Gasteiger partial charge in [-0.15, -0.1) is 0 Å². The smallest absolute Gasteiger partial charge is 0.0332 e. The number of nitrogens with two attached hydrogens (primary N) is 1. The van der Waals surface area contributed by atoms with Crippen molar-refractivity contribution in [1.29, 1.82) is 0 Å². The Labute approximate surface area is 86.7 Å². The summed E-state index contributed by atoms with van der Waals surface area (Å²) in [6, 6.07) is 0.283. The van der Waals surface area contributed by atoms with Crippen LogP contribution in [-0.2, 0) is 0 Å². The van der Waals surface area contributed by atoms with Crippen LogP contribution in [0, 0.1) is 5.92 Å². The highest BCUT2D eigenvalue weighted by Gasteiger charge is 2.08. The molecule has 0 fully saturated rings. The van der Waals surface area contributed by atoms with E-state index in [0.717, 1.165) is 19.5 Å². The number of rotatable bonds is 6. The molecule has 0 amide bonds. The average molecular weight is 205 g/mol. The van der Waals surface area contributed by atoms with E-state index in [1.54, 1.807) is 0 Å². The second-order valence-electron chi connectivity index (χ2n) is 3.95. The van der Waals surface area contributed by atoms with Crippen LogP contribution in [0.3, 0.4) is 0 Å². The van der Waals surface area contributed by atoms with Gasteiger partial charge in [0.15, 0.2) is 0 Å². The van der Waals surface area contributed by atoms with Gasteiger partial charge in [-0.1, -0.05) is 32.0 Å². The Morgan fingerprint density at radius 3 is 2.46 bits per heavy atom. The fourth-order valence-corrected chi connectivity index (χ4v) is 1.28. The highest BCUT2D eigenvalue weighted by Crippen LogP contribution is 2.05. The molecule has 0 spiro atoms. The lowest BCUT2D eigenvalue weighted by molar-refractivity contribution is 0.326. The van der Waals surface area contributed by atoms with Gasteiger partial charge in [-0.25, -0.2) is 0 Å². The van der Waals surface area contributed by atoms with E-state index in [1.165, 1.54) is 0 Å². The van der Waals surface area contributed by atoms with Gasteiger partial charge in [0.05, 0.1) is 0 Å². The molecule has 2 nitrogen and oxygen atoms in total. The Kier molecular flexibility index (Phi) is 6.39. The van der Waals surface area contributed by atoms with E-state index >= 15 is 0 Å². The Morgan fingerprint density at radius 1 is 1.54 bits per heavy atom. The van der Waals surface area contributed by atoms with Crippen molar-refractivity contribution >= 4 is 11.6 Å². The lowest BCUT2D eigenvalue weighted by Crippen LogP contribution is -2.32. The Morgan fingerprint density at radius 2 is 2.08 bits per heavy atom. The topological polar surface area (TPSA) is 29.3 Å². The van der Waals surface area contributed by atoms with Gasteiger partial charge in [-0.3, -0.25) is 0 Å². The summed E-state index contributed by atoms with van der Waals surface area (Å²) in [5.41, 5.74) is 5.91. The van der Waals surface area contributed by atoms with Gasteiger partial charge in [0.2, 0.25) is 0 Å². The van der Waals surface area contributed by atoms with Crippen molar-refractivity contribution in [3.8, 4) is 0 Å². The molecule has 13 heavy (non-hydrogen) atoms. The first kappa shape index (κ1) is 12.9. The lowest BCUT2D eigenvalue weighted by atomic mass is 10.0. The molecule has 0 aliphatic heterocycles. The first-order valence-corrected chi connectivity index (χ1v) is 5.08. The Balaban J connectivity index is 3.57. The third-order valence-electron chi connectivity index (χ3n) is 2.14. The molecule has 0 saturated carbocycles. The maximum absolute atomic E-state index is 5.91. The normalized spacial score (nSPS) is 13.8. The van der Waals surface area contributed by atoms with Crippen LogP contribution in [0.2, 0.25) is 0 Å². The van der Waals surface area contributed by atoms with Gasteiger partial charge in [0.25, 0.3) is 0 Å². The second kappa shape index (κ2) is 6.41. The van der Waals surface area contributed by atoms with Gasteiger partial charge in [0, 0.05) is 17.6 Å². The molecule has 0 aromatic rings. The highest BCUT2D eigenvalue weighted by molar-refractivity contribution is 6.29. The van der Waals surface area contributed by atoms with Gasteiger partial charge < -0.3 is 10.6 Å². The standard InChI is InChI=1S/C10H21ClN2/c1-8(2)10(12)5-6-13(4)7-9(3)11/h8,10H,3,5-7,12H2,1-2,4H3. The monoisotopic (exact) mass is 204 g/mol. The van der Waals surface area contributed by atoms with E-state index in [4.69, 9.17) is 17.3 Å². The van der Waals surface area contributed by atoms with Crippen molar-refractivity contribution in [2.24, 2.45) is 11.7 Å². The summed E-state index contributed by atoms with van der Waals surface area (Å²) in [5.74, 6) is 0.549. The van der Waals surface area contributed by atoms with Crippen LogP contribution >= 0.6 is 11.6 Å². The van der Waals surface area contributed by atoms with Crippen molar-refractivity contribution in [2.75, 3.05) is 20.1 Å². The zero-order valence-corrected chi connectivity index (χ0v) is 9.64. The predicted octanol–water partition coefficient (Wildman–Crippen LogP) is 2.04. The molecule has 0 aliphatic carbocycles. The molecule has 2 N–H and O–H groups in total. The van der Waals surface area contributed by atoms with Crippen LogP contribution in [0.5, 0.6) is 0 Å². The molecule has 1 unspecified atom stereocenters. The molecule has 0 heterocycles. The molecule has 0 radical (unpaired) electrons. The van der Waals surface area contributed by atoms with Crippen molar-refractivity contribution in [2.45, 2.75) is 26.3 Å². The molecule has 0 aromatic carbocycles. The molecular formula is C10H21ClN2. The maximum atomic E-state index is 5.91. The largest absolute Gasteiger partial charge is 0.327 e. The molecule has 0 aromatic heterocycles. The van der Waals surface area contributed by atoms with Crippen LogP contribution in [0.1, 0.15) is 20.3 Å². The molecular weight excluding hydrogens is 184 g/mol. The minimum absolute atomic E-state index is 0.283. The minimum Gasteiger partial charge on any atom is -0.327 e. The van der Waals surface area contributed by atoms with Crippen LogP contribution in [0.15, 0.2) is 11.6 Å².